The lowest BCUT2D eigenvalue weighted by Gasteiger charge is -2.08. The Hall–Kier alpha value is -3.15. The number of hydrogen-bond donors (Lipinski definition) is 3. The first-order valence-corrected chi connectivity index (χ1v) is 8.27. The zero-order valence-corrected chi connectivity index (χ0v) is 13.8. The van der Waals surface area contributed by atoms with Crippen LogP contribution in [0.15, 0.2) is 42.5 Å². The average molecular weight is 334 g/mol. The van der Waals surface area contributed by atoms with Gasteiger partial charge in [-0.15, -0.1) is 0 Å². The van der Waals surface area contributed by atoms with Crippen LogP contribution in [0.3, 0.4) is 0 Å². The minimum absolute atomic E-state index is 0.0391. The van der Waals surface area contributed by atoms with E-state index >= 15 is 0 Å². The number of nitrogens with zero attached hydrogens (tertiary/aromatic N) is 1. The number of aromatic amines is 1. The van der Waals surface area contributed by atoms with Gasteiger partial charge in [-0.1, -0.05) is 17.7 Å². The molecule has 126 valence electrons. The zero-order valence-electron chi connectivity index (χ0n) is 13.8. The third kappa shape index (κ3) is 3.24. The van der Waals surface area contributed by atoms with Gasteiger partial charge in [-0.3, -0.25) is 14.7 Å². The van der Waals surface area contributed by atoms with E-state index in [0.717, 1.165) is 29.3 Å². The van der Waals surface area contributed by atoms with Crippen molar-refractivity contribution >= 4 is 34.1 Å². The van der Waals surface area contributed by atoms with Gasteiger partial charge in [0, 0.05) is 22.7 Å². The first-order chi connectivity index (χ1) is 12.1. The summed E-state index contributed by atoms with van der Waals surface area (Å²) in [5, 5.41) is 13.5. The summed E-state index contributed by atoms with van der Waals surface area (Å²) in [6.45, 7) is 1.97. The van der Waals surface area contributed by atoms with Gasteiger partial charge in [0.15, 0.2) is 5.69 Å². The number of benzene rings is 2. The number of aryl methyl sites for hydroxylation is 1. The number of hydrogen-bond acceptors (Lipinski definition) is 3. The monoisotopic (exact) mass is 334 g/mol. The van der Waals surface area contributed by atoms with E-state index in [9.17, 15) is 9.59 Å². The summed E-state index contributed by atoms with van der Waals surface area (Å²) in [6, 6.07) is 12.9. The van der Waals surface area contributed by atoms with Crippen LogP contribution < -0.4 is 10.6 Å². The summed E-state index contributed by atoms with van der Waals surface area (Å²) >= 11 is 0. The Morgan fingerprint density at radius 1 is 1.08 bits per heavy atom. The van der Waals surface area contributed by atoms with Gasteiger partial charge < -0.3 is 10.6 Å². The van der Waals surface area contributed by atoms with Crippen molar-refractivity contribution in [3.05, 3.63) is 53.7 Å². The van der Waals surface area contributed by atoms with Crippen molar-refractivity contribution in [3.63, 3.8) is 0 Å². The molecular formula is C19H18N4O2. The second kappa shape index (κ2) is 6.05. The van der Waals surface area contributed by atoms with E-state index in [1.54, 1.807) is 18.2 Å². The predicted molar refractivity (Wildman–Crippen MR) is 96.6 cm³/mol. The van der Waals surface area contributed by atoms with Crippen LogP contribution in [-0.4, -0.2) is 22.0 Å². The smallest absolute Gasteiger partial charge is 0.276 e. The SMILES string of the molecule is Cc1ccc2[nH]nc(C(=O)Nc3cccc(NC(=O)C4CC4)c3)c2c1. The molecule has 1 aliphatic carbocycles. The third-order valence-electron chi connectivity index (χ3n) is 4.27. The van der Waals surface area contributed by atoms with Crippen molar-refractivity contribution in [1.82, 2.24) is 10.2 Å². The molecule has 0 saturated heterocycles. The van der Waals surface area contributed by atoms with Crippen molar-refractivity contribution in [1.29, 1.82) is 0 Å². The number of nitrogens with one attached hydrogen (secondary N) is 3. The van der Waals surface area contributed by atoms with Crippen molar-refractivity contribution in [2.75, 3.05) is 10.6 Å². The fourth-order valence-corrected chi connectivity index (χ4v) is 2.76. The molecular weight excluding hydrogens is 316 g/mol. The summed E-state index contributed by atoms with van der Waals surface area (Å²) < 4.78 is 0. The largest absolute Gasteiger partial charge is 0.326 e. The quantitative estimate of drug-likeness (QED) is 0.683. The highest BCUT2D eigenvalue weighted by Gasteiger charge is 2.29. The third-order valence-corrected chi connectivity index (χ3v) is 4.27. The summed E-state index contributed by atoms with van der Waals surface area (Å²) in [5.41, 5.74) is 3.53. The van der Waals surface area contributed by atoms with E-state index < -0.39 is 0 Å². The highest BCUT2D eigenvalue weighted by Crippen LogP contribution is 2.30. The first-order valence-electron chi connectivity index (χ1n) is 8.27. The van der Waals surface area contributed by atoms with Gasteiger partial charge in [-0.05, 0) is 50.1 Å². The van der Waals surface area contributed by atoms with Crippen LogP contribution in [-0.2, 0) is 4.79 Å². The minimum Gasteiger partial charge on any atom is -0.326 e. The molecule has 0 atom stereocenters. The maximum atomic E-state index is 12.6. The molecule has 0 spiro atoms. The van der Waals surface area contributed by atoms with Gasteiger partial charge in [0.25, 0.3) is 5.91 Å². The zero-order chi connectivity index (χ0) is 17.4. The van der Waals surface area contributed by atoms with Gasteiger partial charge in [0.05, 0.1) is 5.52 Å². The molecule has 25 heavy (non-hydrogen) atoms. The molecule has 1 fully saturated rings. The summed E-state index contributed by atoms with van der Waals surface area (Å²) in [6.07, 6.45) is 1.90. The minimum atomic E-state index is -0.289. The Balaban J connectivity index is 1.53. The fraction of sp³-hybridized carbons (Fsp3) is 0.211. The number of aromatic nitrogens is 2. The highest BCUT2D eigenvalue weighted by atomic mass is 16.2. The van der Waals surface area contributed by atoms with Crippen molar-refractivity contribution in [2.24, 2.45) is 5.92 Å². The van der Waals surface area contributed by atoms with Crippen molar-refractivity contribution < 1.29 is 9.59 Å². The Morgan fingerprint density at radius 2 is 1.84 bits per heavy atom. The van der Waals surface area contributed by atoms with Gasteiger partial charge in [-0.2, -0.15) is 5.10 Å². The predicted octanol–water partition coefficient (Wildman–Crippen LogP) is 3.47. The van der Waals surface area contributed by atoms with E-state index in [1.165, 1.54) is 0 Å². The molecule has 6 heteroatoms. The number of fused-ring (bicyclic) bond motifs is 1. The van der Waals surface area contributed by atoms with E-state index in [4.69, 9.17) is 0 Å². The Bertz CT molecular complexity index is 972. The van der Waals surface area contributed by atoms with Crippen LogP contribution in [0, 0.1) is 12.8 Å². The van der Waals surface area contributed by atoms with Gasteiger partial charge in [0.1, 0.15) is 0 Å². The Labute approximate surface area is 144 Å². The van der Waals surface area contributed by atoms with E-state index in [1.807, 2.05) is 31.2 Å². The summed E-state index contributed by atoms with van der Waals surface area (Å²) in [5.74, 6) is -0.114. The number of rotatable bonds is 4. The van der Waals surface area contributed by atoms with Crippen LogP contribution in [0.25, 0.3) is 10.9 Å². The average Bonchev–Trinajstić information content (AvgIpc) is 3.35. The number of amides is 2. The summed E-state index contributed by atoms with van der Waals surface area (Å²) in [4.78, 5) is 24.4. The van der Waals surface area contributed by atoms with Crippen molar-refractivity contribution in [2.45, 2.75) is 19.8 Å². The molecule has 1 aromatic heterocycles. The molecule has 0 aliphatic heterocycles. The number of carbonyl (C=O) groups is 2. The lowest BCUT2D eigenvalue weighted by molar-refractivity contribution is -0.117. The molecule has 4 rings (SSSR count). The van der Waals surface area contributed by atoms with E-state index in [2.05, 4.69) is 20.8 Å². The molecule has 2 aromatic carbocycles. The van der Waals surface area contributed by atoms with Crippen LogP contribution in [0.4, 0.5) is 11.4 Å². The maximum absolute atomic E-state index is 12.6. The van der Waals surface area contributed by atoms with Crippen LogP contribution >= 0.6 is 0 Å². The fourth-order valence-electron chi connectivity index (χ4n) is 2.76. The van der Waals surface area contributed by atoms with Crippen LogP contribution in [0.2, 0.25) is 0 Å². The molecule has 0 bridgehead atoms. The van der Waals surface area contributed by atoms with Gasteiger partial charge in [0.2, 0.25) is 5.91 Å². The molecule has 1 heterocycles. The molecule has 2 amide bonds. The lowest BCUT2D eigenvalue weighted by Crippen LogP contribution is -2.15. The molecule has 1 saturated carbocycles. The lowest BCUT2D eigenvalue weighted by atomic mass is 10.1. The van der Waals surface area contributed by atoms with Crippen molar-refractivity contribution in [3.8, 4) is 0 Å². The number of carbonyl (C=O) groups excluding carboxylic acids is 2. The number of H-pyrrole nitrogens is 1. The molecule has 6 nitrogen and oxygen atoms in total. The first kappa shape index (κ1) is 15.4. The molecule has 1 aliphatic rings. The molecule has 0 unspecified atom stereocenters. The van der Waals surface area contributed by atoms with E-state index in [0.29, 0.717) is 17.1 Å². The summed E-state index contributed by atoms with van der Waals surface area (Å²) in [7, 11) is 0. The van der Waals surface area contributed by atoms with E-state index in [-0.39, 0.29) is 17.7 Å². The molecule has 0 radical (unpaired) electrons. The Kier molecular flexibility index (Phi) is 3.72. The normalized spacial score (nSPS) is 13.6. The number of anilines is 2. The second-order valence-electron chi connectivity index (χ2n) is 6.42. The van der Waals surface area contributed by atoms with Crippen LogP contribution in [0.1, 0.15) is 28.9 Å². The second-order valence-corrected chi connectivity index (χ2v) is 6.42. The molecule has 3 aromatic rings. The molecule has 3 N–H and O–H groups in total. The maximum Gasteiger partial charge on any atom is 0.276 e. The standard InChI is InChI=1S/C19H18N4O2/c1-11-5-8-16-15(9-11)17(23-22-16)19(25)21-14-4-2-3-13(10-14)20-18(24)12-6-7-12/h2-5,8-10,12H,6-7H2,1H3,(H,20,24)(H,21,25)(H,22,23). The Morgan fingerprint density at radius 3 is 2.60 bits per heavy atom. The van der Waals surface area contributed by atoms with Crippen LogP contribution in [0.5, 0.6) is 0 Å². The van der Waals surface area contributed by atoms with Gasteiger partial charge >= 0.3 is 0 Å². The van der Waals surface area contributed by atoms with Gasteiger partial charge in [-0.25, -0.2) is 0 Å². The highest BCUT2D eigenvalue weighted by molar-refractivity contribution is 6.11. The topological polar surface area (TPSA) is 86.9 Å².